The minimum atomic E-state index is -3.28. The fourth-order valence-electron chi connectivity index (χ4n) is 4.33. The topological polar surface area (TPSA) is 100 Å². The van der Waals surface area contributed by atoms with Gasteiger partial charge in [-0.05, 0) is 24.8 Å². The van der Waals surface area contributed by atoms with Crippen LogP contribution >= 0.6 is 0 Å². The largest absolute Gasteiger partial charge is 0.356 e. The maximum absolute atomic E-state index is 12.8. The van der Waals surface area contributed by atoms with Crippen molar-refractivity contribution in [2.24, 2.45) is 13.0 Å². The molecule has 1 aliphatic heterocycles. The van der Waals surface area contributed by atoms with Gasteiger partial charge in [0, 0.05) is 44.6 Å². The number of rotatable bonds is 5. The lowest BCUT2D eigenvalue weighted by atomic mass is 9.81. The van der Waals surface area contributed by atoms with Crippen molar-refractivity contribution in [2.75, 3.05) is 17.7 Å². The average molecular weight is 401 g/mol. The van der Waals surface area contributed by atoms with E-state index in [1.54, 1.807) is 15.3 Å². The van der Waals surface area contributed by atoms with E-state index in [1.807, 2.05) is 32.6 Å². The van der Waals surface area contributed by atoms with Gasteiger partial charge in [-0.25, -0.2) is 18.4 Å². The van der Waals surface area contributed by atoms with E-state index in [0.717, 1.165) is 41.0 Å². The van der Waals surface area contributed by atoms with E-state index in [0.29, 0.717) is 19.1 Å². The number of hydrogen-bond acceptors (Lipinski definition) is 6. The van der Waals surface area contributed by atoms with Gasteiger partial charge in [0.2, 0.25) is 10.0 Å². The first kappa shape index (κ1) is 17.6. The summed E-state index contributed by atoms with van der Waals surface area (Å²) >= 11 is 0. The molecular formula is C18H23N7O2S. The number of H-pyrrole nitrogens is 1. The van der Waals surface area contributed by atoms with Crippen LogP contribution in [0.15, 0.2) is 24.8 Å². The third kappa shape index (κ3) is 2.87. The Hall–Kier alpha value is -2.46. The maximum Gasteiger partial charge on any atom is 0.215 e. The summed E-state index contributed by atoms with van der Waals surface area (Å²) in [4.78, 5) is 13.9. The van der Waals surface area contributed by atoms with Gasteiger partial charge in [-0.2, -0.15) is 9.40 Å². The number of anilines is 1. The molecule has 0 spiro atoms. The molecule has 9 nitrogen and oxygen atoms in total. The molecule has 0 radical (unpaired) electrons. The molecule has 0 bridgehead atoms. The van der Waals surface area contributed by atoms with Gasteiger partial charge < -0.3 is 9.88 Å². The lowest BCUT2D eigenvalue weighted by molar-refractivity contribution is 0.277. The Morgan fingerprint density at radius 1 is 1.29 bits per heavy atom. The van der Waals surface area contributed by atoms with Crippen molar-refractivity contribution in [3.63, 3.8) is 0 Å². The number of nitrogens with zero attached hydrogens (tertiary/aromatic N) is 6. The molecule has 5 rings (SSSR count). The van der Waals surface area contributed by atoms with Crippen molar-refractivity contribution in [1.29, 1.82) is 0 Å². The second-order valence-electron chi connectivity index (χ2n) is 7.86. The summed E-state index contributed by atoms with van der Waals surface area (Å²) in [5.41, 5.74) is 2.70. The van der Waals surface area contributed by atoms with Gasteiger partial charge in [-0.1, -0.05) is 0 Å². The summed E-state index contributed by atoms with van der Waals surface area (Å²) in [6.45, 7) is 0.828. The zero-order chi connectivity index (χ0) is 19.5. The standard InChI is InChI=1S/C18H23N7O2S/c1-23-7-13-8-25(9-16(13)22-23)28(26,27)10-12-5-14(6-12)24(2)18-15-3-4-19-17(15)20-11-21-18/h3-4,7,11-12,14H,5-6,8-10H2,1-2H3,(H,19,20,21). The third-order valence-corrected chi connectivity index (χ3v) is 7.87. The number of sulfonamides is 1. The molecule has 0 aromatic carbocycles. The smallest absolute Gasteiger partial charge is 0.215 e. The van der Waals surface area contributed by atoms with Crippen LogP contribution in [-0.2, 0) is 30.2 Å². The molecule has 1 fully saturated rings. The molecule has 3 aromatic heterocycles. The van der Waals surface area contributed by atoms with E-state index >= 15 is 0 Å². The summed E-state index contributed by atoms with van der Waals surface area (Å²) < 4.78 is 29.0. The first-order valence-electron chi connectivity index (χ1n) is 9.41. The van der Waals surface area contributed by atoms with Crippen molar-refractivity contribution in [1.82, 2.24) is 29.0 Å². The molecule has 28 heavy (non-hydrogen) atoms. The number of nitrogens with one attached hydrogen (secondary N) is 1. The highest BCUT2D eigenvalue weighted by Gasteiger charge is 2.39. The van der Waals surface area contributed by atoms with Crippen LogP contribution in [0.2, 0.25) is 0 Å². The summed E-state index contributed by atoms with van der Waals surface area (Å²) in [5.74, 6) is 1.27. The van der Waals surface area contributed by atoms with Crippen molar-refractivity contribution in [2.45, 2.75) is 32.0 Å². The molecule has 10 heteroatoms. The lowest BCUT2D eigenvalue weighted by Crippen LogP contribution is -2.46. The number of aromatic amines is 1. The minimum Gasteiger partial charge on any atom is -0.356 e. The van der Waals surface area contributed by atoms with Crippen molar-refractivity contribution >= 4 is 26.9 Å². The Balaban J connectivity index is 1.21. The van der Waals surface area contributed by atoms with E-state index in [2.05, 4.69) is 25.0 Å². The first-order valence-corrected chi connectivity index (χ1v) is 11.0. The molecule has 3 aromatic rings. The third-order valence-electron chi connectivity index (χ3n) is 5.93. The van der Waals surface area contributed by atoms with Crippen LogP contribution in [0.4, 0.5) is 5.82 Å². The summed E-state index contributed by atoms with van der Waals surface area (Å²) in [5, 5.41) is 5.34. The van der Waals surface area contributed by atoms with Crippen LogP contribution in [0.5, 0.6) is 0 Å². The van der Waals surface area contributed by atoms with E-state index in [4.69, 9.17) is 0 Å². The summed E-state index contributed by atoms with van der Waals surface area (Å²) in [6.07, 6.45) is 7.03. The Labute approximate surface area is 163 Å². The summed E-state index contributed by atoms with van der Waals surface area (Å²) in [6, 6.07) is 2.27. The molecule has 2 aliphatic rings. The maximum atomic E-state index is 12.8. The Kier molecular flexibility index (Phi) is 3.95. The van der Waals surface area contributed by atoms with Gasteiger partial charge in [0.25, 0.3) is 0 Å². The van der Waals surface area contributed by atoms with Gasteiger partial charge >= 0.3 is 0 Å². The number of hydrogen-bond donors (Lipinski definition) is 1. The highest BCUT2D eigenvalue weighted by molar-refractivity contribution is 7.89. The van der Waals surface area contributed by atoms with E-state index in [1.165, 1.54) is 0 Å². The number of aromatic nitrogens is 5. The minimum absolute atomic E-state index is 0.181. The van der Waals surface area contributed by atoms with Crippen LogP contribution < -0.4 is 4.90 Å². The van der Waals surface area contributed by atoms with Crippen LogP contribution in [0.3, 0.4) is 0 Å². The SMILES string of the molecule is CN(c1ncnc2[nH]ccc12)C1CC(CS(=O)(=O)N2Cc3cn(C)nc3C2)C1. The fraction of sp³-hybridized carbons (Fsp3) is 0.500. The zero-order valence-electron chi connectivity index (χ0n) is 15.9. The number of aryl methyl sites for hydroxylation is 1. The quantitative estimate of drug-likeness (QED) is 0.691. The van der Waals surface area contributed by atoms with Gasteiger partial charge in [0.05, 0.1) is 23.4 Å². The lowest BCUT2D eigenvalue weighted by Gasteiger charge is -2.42. The Bertz CT molecular complexity index is 1110. The van der Waals surface area contributed by atoms with Gasteiger partial charge in [0.1, 0.15) is 17.8 Å². The molecule has 0 unspecified atom stereocenters. The highest BCUT2D eigenvalue weighted by atomic mass is 32.2. The molecule has 1 aliphatic carbocycles. The molecular weight excluding hydrogens is 378 g/mol. The Morgan fingerprint density at radius 3 is 2.89 bits per heavy atom. The monoisotopic (exact) mass is 401 g/mol. The van der Waals surface area contributed by atoms with Crippen LogP contribution in [0, 0.1) is 5.92 Å². The predicted molar refractivity (Wildman–Crippen MR) is 105 cm³/mol. The molecule has 0 atom stereocenters. The average Bonchev–Trinajstić information content (AvgIpc) is 3.30. The van der Waals surface area contributed by atoms with Crippen molar-refractivity contribution < 1.29 is 8.42 Å². The van der Waals surface area contributed by atoms with Gasteiger partial charge in [0.15, 0.2) is 0 Å². The van der Waals surface area contributed by atoms with Crippen LogP contribution in [0.25, 0.3) is 11.0 Å². The molecule has 0 amide bonds. The van der Waals surface area contributed by atoms with E-state index in [9.17, 15) is 8.42 Å². The fourth-order valence-corrected chi connectivity index (χ4v) is 6.06. The molecule has 1 N–H and O–H groups in total. The second-order valence-corrected chi connectivity index (χ2v) is 9.87. The first-order chi connectivity index (χ1) is 13.4. The normalized spacial score (nSPS) is 22.4. The predicted octanol–water partition coefficient (Wildman–Crippen LogP) is 1.25. The molecule has 148 valence electrons. The van der Waals surface area contributed by atoms with Crippen molar-refractivity contribution in [3.8, 4) is 0 Å². The summed E-state index contributed by atoms with van der Waals surface area (Å²) in [7, 11) is 0.608. The van der Waals surface area contributed by atoms with Crippen LogP contribution in [0.1, 0.15) is 24.1 Å². The van der Waals surface area contributed by atoms with E-state index in [-0.39, 0.29) is 11.7 Å². The van der Waals surface area contributed by atoms with Gasteiger partial charge in [-0.15, -0.1) is 0 Å². The number of fused-ring (bicyclic) bond motifs is 2. The highest BCUT2D eigenvalue weighted by Crippen LogP contribution is 2.37. The van der Waals surface area contributed by atoms with Gasteiger partial charge in [-0.3, -0.25) is 4.68 Å². The van der Waals surface area contributed by atoms with Crippen LogP contribution in [-0.4, -0.2) is 56.3 Å². The zero-order valence-corrected chi connectivity index (χ0v) is 16.7. The van der Waals surface area contributed by atoms with E-state index < -0.39 is 10.0 Å². The Morgan fingerprint density at radius 2 is 2.11 bits per heavy atom. The van der Waals surface area contributed by atoms with Crippen molar-refractivity contribution in [3.05, 3.63) is 36.0 Å². The second kappa shape index (κ2) is 6.28. The molecule has 0 saturated heterocycles. The molecule has 4 heterocycles. The molecule has 1 saturated carbocycles.